The lowest BCUT2D eigenvalue weighted by atomic mass is 10.0. The Kier molecular flexibility index (Phi) is 8.51. The van der Waals surface area contributed by atoms with Crippen molar-refractivity contribution in [2.24, 2.45) is 5.92 Å². The number of hydrogen-bond donors (Lipinski definition) is 0. The van der Waals surface area contributed by atoms with Crippen molar-refractivity contribution in [1.82, 2.24) is 0 Å². The largest absolute Gasteiger partial charge is 0.625 e. The molecule has 6 nitrogen and oxygen atoms in total. The van der Waals surface area contributed by atoms with E-state index in [0.717, 1.165) is 11.1 Å². The highest BCUT2D eigenvalue weighted by Crippen LogP contribution is 2.50. The summed E-state index contributed by atoms with van der Waals surface area (Å²) in [6.45, 7) is 12.0. The van der Waals surface area contributed by atoms with Gasteiger partial charge < -0.3 is 9.05 Å². The number of phosphoric ester groups is 1. The molecule has 0 amide bonds. The van der Waals surface area contributed by atoms with Crippen LogP contribution in [0.2, 0.25) is 0 Å². The van der Waals surface area contributed by atoms with Gasteiger partial charge in [0.25, 0.3) is 0 Å². The first-order valence-electron chi connectivity index (χ1n) is 10.2. The Morgan fingerprint density at radius 3 is 1.50 bits per heavy atom. The van der Waals surface area contributed by atoms with Gasteiger partial charge in [0.05, 0.1) is 6.42 Å². The molecule has 2 aromatic carbocycles. The van der Waals surface area contributed by atoms with E-state index in [0.29, 0.717) is 11.8 Å². The van der Waals surface area contributed by atoms with E-state index in [1.807, 2.05) is 38.1 Å². The van der Waals surface area contributed by atoms with Gasteiger partial charge in [-0.2, -0.15) is 0 Å². The minimum atomic E-state index is -4.28. The van der Waals surface area contributed by atoms with Crippen molar-refractivity contribution < 1.29 is 28.0 Å². The van der Waals surface area contributed by atoms with E-state index in [-0.39, 0.29) is 23.8 Å². The highest BCUT2D eigenvalue weighted by Gasteiger charge is 2.35. The predicted molar refractivity (Wildman–Crippen MR) is 117 cm³/mol. The quantitative estimate of drug-likeness (QED) is 0.227. The highest BCUT2D eigenvalue weighted by molar-refractivity contribution is 7.49. The summed E-state index contributed by atoms with van der Waals surface area (Å²) in [5, 5.41) is 0. The zero-order chi connectivity index (χ0) is 22.3. The van der Waals surface area contributed by atoms with Crippen LogP contribution in [0.1, 0.15) is 70.9 Å². The maximum absolute atomic E-state index is 13.2. The van der Waals surface area contributed by atoms with Gasteiger partial charge >= 0.3 is 13.8 Å². The lowest BCUT2D eigenvalue weighted by Crippen LogP contribution is -2.12. The van der Waals surface area contributed by atoms with Gasteiger partial charge in [0, 0.05) is 0 Å². The van der Waals surface area contributed by atoms with Crippen molar-refractivity contribution in [3.63, 3.8) is 0 Å². The van der Waals surface area contributed by atoms with Crippen molar-refractivity contribution in [2.75, 3.05) is 0 Å². The monoisotopic (exact) mass is 434 g/mol. The fraction of sp³-hybridized carbons (Fsp3) is 0.435. The summed E-state index contributed by atoms with van der Waals surface area (Å²) in [6, 6.07) is 14.2. The first-order chi connectivity index (χ1) is 14.1. The van der Waals surface area contributed by atoms with Crippen molar-refractivity contribution in [2.45, 2.75) is 59.8 Å². The molecule has 2 rings (SSSR count). The fourth-order valence-electron chi connectivity index (χ4n) is 2.59. The minimum absolute atomic E-state index is 0.0643. The third-order valence-corrected chi connectivity index (χ3v) is 5.45. The molecule has 0 heterocycles. The van der Waals surface area contributed by atoms with E-state index in [2.05, 4.69) is 27.7 Å². The van der Waals surface area contributed by atoms with Crippen LogP contribution in [-0.2, 0) is 18.9 Å². The van der Waals surface area contributed by atoms with Crippen molar-refractivity contribution in [1.29, 1.82) is 0 Å². The van der Waals surface area contributed by atoms with Gasteiger partial charge in [-0.15, -0.1) is 0 Å². The van der Waals surface area contributed by atoms with Crippen LogP contribution in [0, 0.1) is 5.92 Å². The van der Waals surface area contributed by atoms with E-state index < -0.39 is 13.8 Å². The lowest BCUT2D eigenvalue weighted by molar-refractivity contribution is -0.221. The van der Waals surface area contributed by atoms with E-state index in [9.17, 15) is 9.36 Å². The van der Waals surface area contributed by atoms with Crippen LogP contribution >= 0.6 is 7.82 Å². The van der Waals surface area contributed by atoms with Crippen molar-refractivity contribution >= 4 is 13.8 Å². The van der Waals surface area contributed by atoms with E-state index in [4.69, 9.17) is 18.6 Å². The molecular weight excluding hydrogens is 403 g/mol. The third kappa shape index (κ3) is 7.51. The molecular formula is C23H31O6P. The van der Waals surface area contributed by atoms with Gasteiger partial charge in [0.2, 0.25) is 0 Å². The number of hydrogen-bond acceptors (Lipinski definition) is 6. The van der Waals surface area contributed by atoms with E-state index in [1.165, 1.54) is 0 Å². The summed E-state index contributed by atoms with van der Waals surface area (Å²) in [6.07, 6.45) is 0.117. The number of phosphoric acid groups is 1. The smallest absolute Gasteiger partial charge is 0.393 e. The molecule has 0 fully saturated rings. The summed E-state index contributed by atoms with van der Waals surface area (Å²) in [7, 11) is -4.28. The molecule has 0 aliphatic carbocycles. The minimum Gasteiger partial charge on any atom is -0.393 e. The number of benzene rings is 2. The van der Waals surface area contributed by atoms with Crippen LogP contribution in [0.3, 0.4) is 0 Å². The number of carbonyl (C=O) groups excluding carboxylic acids is 1. The van der Waals surface area contributed by atoms with Crippen LogP contribution in [0.25, 0.3) is 0 Å². The zero-order valence-electron chi connectivity index (χ0n) is 18.5. The van der Waals surface area contributed by atoms with Crippen LogP contribution < -0.4 is 9.05 Å². The molecule has 164 valence electrons. The van der Waals surface area contributed by atoms with Crippen molar-refractivity contribution in [3.05, 3.63) is 59.7 Å². The average Bonchev–Trinajstić information content (AvgIpc) is 2.67. The Morgan fingerprint density at radius 2 is 1.17 bits per heavy atom. The molecule has 0 aliphatic rings. The Balaban J connectivity index is 2.19. The molecule has 0 aliphatic heterocycles. The van der Waals surface area contributed by atoms with Gasteiger partial charge in [-0.3, -0.25) is 4.89 Å². The van der Waals surface area contributed by atoms with Gasteiger partial charge in [0.1, 0.15) is 11.5 Å². The summed E-state index contributed by atoms with van der Waals surface area (Å²) >= 11 is 0. The fourth-order valence-corrected chi connectivity index (χ4v) is 3.62. The number of carbonyl (C=O) groups is 1. The molecule has 0 atom stereocenters. The zero-order valence-corrected chi connectivity index (χ0v) is 19.3. The lowest BCUT2D eigenvalue weighted by Gasteiger charge is -2.18. The molecule has 2 aromatic rings. The average molecular weight is 434 g/mol. The second kappa shape index (κ2) is 10.6. The Labute approximate surface area is 179 Å². The summed E-state index contributed by atoms with van der Waals surface area (Å²) in [5.41, 5.74) is 2.21. The second-order valence-corrected chi connectivity index (χ2v) is 9.61. The maximum Gasteiger partial charge on any atom is 0.625 e. The van der Waals surface area contributed by atoms with Crippen LogP contribution in [0.5, 0.6) is 11.5 Å². The Bertz CT molecular complexity index is 799. The van der Waals surface area contributed by atoms with Gasteiger partial charge in [-0.05, 0) is 53.1 Å². The molecule has 0 unspecified atom stereocenters. The molecule has 30 heavy (non-hydrogen) atoms. The second-order valence-electron chi connectivity index (χ2n) is 8.21. The SMILES string of the molecule is CC(C)CC(=O)OOP(=O)(Oc1ccc(C(C)C)cc1)Oc1ccc(C(C)C)cc1. The predicted octanol–water partition coefficient (Wildman–Crippen LogP) is 7.02. The standard InChI is InChI=1S/C23H31O6P/c1-16(2)15-23(24)26-29-30(25,27-21-11-7-19(8-12-21)17(3)4)28-22-13-9-20(10-14-22)18(5)6/h7-14,16-18H,15H2,1-6H3. The molecule has 0 saturated heterocycles. The first-order valence-corrected chi connectivity index (χ1v) is 11.6. The molecule has 0 N–H and O–H groups in total. The van der Waals surface area contributed by atoms with Gasteiger partial charge in [-0.1, -0.05) is 70.5 Å². The Hall–Kier alpha value is -2.30. The molecule has 0 spiro atoms. The summed E-state index contributed by atoms with van der Waals surface area (Å²) in [5.74, 6) is 0.657. The van der Waals surface area contributed by atoms with E-state index in [1.54, 1.807) is 24.3 Å². The molecule has 0 saturated carbocycles. The van der Waals surface area contributed by atoms with Crippen LogP contribution in [0.4, 0.5) is 0 Å². The molecule has 0 aromatic heterocycles. The molecule has 0 bridgehead atoms. The van der Waals surface area contributed by atoms with Crippen LogP contribution in [0.15, 0.2) is 48.5 Å². The maximum atomic E-state index is 13.2. The molecule has 0 radical (unpaired) electrons. The van der Waals surface area contributed by atoms with E-state index >= 15 is 0 Å². The highest BCUT2D eigenvalue weighted by atomic mass is 31.2. The summed E-state index contributed by atoms with van der Waals surface area (Å²) < 4.78 is 29.2. The normalized spacial score (nSPS) is 11.8. The Morgan fingerprint density at radius 1 is 0.767 bits per heavy atom. The third-order valence-electron chi connectivity index (χ3n) is 4.32. The van der Waals surface area contributed by atoms with Crippen LogP contribution in [-0.4, -0.2) is 5.97 Å². The topological polar surface area (TPSA) is 71.1 Å². The van der Waals surface area contributed by atoms with Gasteiger partial charge in [-0.25, -0.2) is 9.36 Å². The summed E-state index contributed by atoms with van der Waals surface area (Å²) in [4.78, 5) is 16.6. The first kappa shape index (κ1) is 24.0. The van der Waals surface area contributed by atoms with Crippen molar-refractivity contribution in [3.8, 4) is 11.5 Å². The van der Waals surface area contributed by atoms with Gasteiger partial charge in [0.15, 0.2) is 0 Å². The number of rotatable bonds is 10. The molecule has 7 heteroatoms.